The lowest BCUT2D eigenvalue weighted by atomic mass is 10.5. The molecule has 0 aromatic rings. The standard InChI is InChI=1S/C5H5N/c1-2-3-4-5-6/h2-4H,1H2/b4-3+. The van der Waals surface area contributed by atoms with E-state index in [1.807, 2.05) is 6.07 Å². The van der Waals surface area contributed by atoms with Crippen LogP contribution in [-0.4, -0.2) is 0 Å². The molecule has 0 radical (unpaired) electrons. The Morgan fingerprint density at radius 3 is 2.50 bits per heavy atom. The van der Waals surface area contributed by atoms with Crippen molar-refractivity contribution in [2.45, 2.75) is 0 Å². The summed E-state index contributed by atoms with van der Waals surface area (Å²) in [6, 6.07) is 1.82. The van der Waals surface area contributed by atoms with Gasteiger partial charge >= 0.3 is 0 Å². The zero-order chi connectivity index (χ0) is 4.83. The van der Waals surface area contributed by atoms with E-state index >= 15 is 0 Å². The van der Waals surface area contributed by atoms with Crippen LogP contribution in [0.3, 0.4) is 0 Å². The Bertz CT molecular complexity index is 95.0. The Balaban J connectivity index is 3.26. The average Bonchev–Trinajstić information content (AvgIpc) is 1.61. The number of hydrogen-bond acceptors (Lipinski definition) is 1. The van der Waals surface area contributed by atoms with E-state index in [0.717, 1.165) is 0 Å². The topological polar surface area (TPSA) is 23.8 Å². The van der Waals surface area contributed by atoms with Gasteiger partial charge in [0.25, 0.3) is 0 Å². The van der Waals surface area contributed by atoms with Gasteiger partial charge < -0.3 is 0 Å². The number of nitrogens with zero attached hydrogens (tertiary/aromatic N) is 1. The first-order chi connectivity index (χ1) is 2.91. The van der Waals surface area contributed by atoms with Crippen LogP contribution < -0.4 is 0 Å². The van der Waals surface area contributed by atoms with Crippen molar-refractivity contribution < 1.29 is 0 Å². The molecule has 30 valence electrons. The summed E-state index contributed by atoms with van der Waals surface area (Å²) in [5.74, 6) is 0. The molecule has 0 bridgehead atoms. The summed E-state index contributed by atoms with van der Waals surface area (Å²) >= 11 is 0. The van der Waals surface area contributed by atoms with Crippen molar-refractivity contribution in [3.05, 3.63) is 24.8 Å². The normalized spacial score (nSPS) is 7.83. The molecule has 0 aliphatic carbocycles. The minimum atomic E-state index is 1.37. The van der Waals surface area contributed by atoms with Crippen LogP contribution >= 0.6 is 0 Å². The molecule has 0 atom stereocenters. The van der Waals surface area contributed by atoms with E-state index in [0.29, 0.717) is 0 Å². The van der Waals surface area contributed by atoms with Gasteiger partial charge in [0.1, 0.15) is 0 Å². The molecule has 0 saturated heterocycles. The van der Waals surface area contributed by atoms with Gasteiger partial charge in [-0.1, -0.05) is 18.7 Å². The first-order valence-corrected chi connectivity index (χ1v) is 1.59. The average molecular weight is 79.1 g/mol. The van der Waals surface area contributed by atoms with Crippen LogP contribution in [0.4, 0.5) is 0 Å². The Morgan fingerprint density at radius 1 is 1.67 bits per heavy atom. The number of rotatable bonds is 1. The van der Waals surface area contributed by atoms with E-state index in [2.05, 4.69) is 6.58 Å². The van der Waals surface area contributed by atoms with Gasteiger partial charge in [-0.25, -0.2) is 0 Å². The fraction of sp³-hybridized carbons (Fsp3) is 0. The van der Waals surface area contributed by atoms with E-state index in [1.54, 1.807) is 12.2 Å². The fourth-order valence-corrected chi connectivity index (χ4v) is 0.111. The maximum Gasteiger partial charge on any atom is 0.0912 e. The third-order valence-corrected chi connectivity index (χ3v) is 0.307. The van der Waals surface area contributed by atoms with Crippen molar-refractivity contribution in [3.8, 4) is 6.07 Å². The molecule has 6 heavy (non-hydrogen) atoms. The Hall–Kier alpha value is -1.03. The second-order valence-corrected chi connectivity index (χ2v) is 0.724. The molecule has 0 aromatic heterocycles. The molecule has 0 aliphatic rings. The van der Waals surface area contributed by atoms with Crippen LogP contribution in [0.15, 0.2) is 24.8 Å². The highest BCUT2D eigenvalue weighted by molar-refractivity contribution is 5.08. The Morgan fingerprint density at radius 2 is 2.33 bits per heavy atom. The molecule has 0 spiro atoms. The number of nitriles is 1. The van der Waals surface area contributed by atoms with Gasteiger partial charge in [0.2, 0.25) is 0 Å². The first-order valence-electron chi connectivity index (χ1n) is 1.59. The summed E-state index contributed by atoms with van der Waals surface area (Å²) in [6.45, 7) is 3.36. The summed E-state index contributed by atoms with van der Waals surface area (Å²) in [7, 11) is 0. The SMILES string of the molecule is C=C/C=C/C#N. The van der Waals surface area contributed by atoms with Gasteiger partial charge in [0, 0.05) is 6.08 Å². The summed E-state index contributed by atoms with van der Waals surface area (Å²) in [5.41, 5.74) is 0. The Kier molecular flexibility index (Phi) is 3.29. The summed E-state index contributed by atoms with van der Waals surface area (Å²) in [5, 5.41) is 7.81. The highest BCUT2D eigenvalue weighted by atomic mass is 14.2. The predicted molar refractivity (Wildman–Crippen MR) is 24.9 cm³/mol. The minimum Gasteiger partial charge on any atom is -0.193 e. The van der Waals surface area contributed by atoms with E-state index in [1.165, 1.54) is 6.08 Å². The second-order valence-electron chi connectivity index (χ2n) is 0.724. The molecule has 0 heterocycles. The van der Waals surface area contributed by atoms with Crippen molar-refractivity contribution in [1.82, 2.24) is 0 Å². The number of hydrogen-bond donors (Lipinski definition) is 0. The van der Waals surface area contributed by atoms with Crippen molar-refractivity contribution in [3.63, 3.8) is 0 Å². The van der Waals surface area contributed by atoms with Crippen molar-refractivity contribution >= 4 is 0 Å². The second kappa shape index (κ2) is 3.97. The lowest BCUT2D eigenvalue weighted by molar-refractivity contribution is 1.53. The van der Waals surface area contributed by atoms with Gasteiger partial charge in [-0.05, 0) is 0 Å². The fourth-order valence-electron chi connectivity index (χ4n) is 0.111. The first kappa shape index (κ1) is 4.97. The van der Waals surface area contributed by atoms with Crippen LogP contribution in [0.2, 0.25) is 0 Å². The molecule has 0 saturated carbocycles. The van der Waals surface area contributed by atoms with E-state index in [9.17, 15) is 0 Å². The monoisotopic (exact) mass is 79.0 g/mol. The predicted octanol–water partition coefficient (Wildman–Crippen LogP) is 1.25. The molecule has 1 heteroatoms. The minimum absolute atomic E-state index is 1.37. The van der Waals surface area contributed by atoms with E-state index < -0.39 is 0 Å². The zero-order valence-electron chi connectivity index (χ0n) is 3.39. The molecule has 0 N–H and O–H groups in total. The smallest absolute Gasteiger partial charge is 0.0912 e. The summed E-state index contributed by atoms with van der Waals surface area (Å²) in [4.78, 5) is 0. The van der Waals surface area contributed by atoms with Crippen LogP contribution in [-0.2, 0) is 0 Å². The molecule has 0 fully saturated rings. The molecule has 0 aliphatic heterocycles. The van der Waals surface area contributed by atoms with Crippen LogP contribution in [0.1, 0.15) is 0 Å². The molecule has 0 rings (SSSR count). The van der Waals surface area contributed by atoms with Gasteiger partial charge in [0.05, 0.1) is 6.07 Å². The summed E-state index contributed by atoms with van der Waals surface area (Å²) in [6.07, 6.45) is 4.51. The van der Waals surface area contributed by atoms with Gasteiger partial charge in [-0.2, -0.15) is 5.26 Å². The lowest BCUT2D eigenvalue weighted by Gasteiger charge is -1.54. The van der Waals surface area contributed by atoms with Crippen molar-refractivity contribution in [1.29, 1.82) is 5.26 Å². The highest BCUT2D eigenvalue weighted by Gasteiger charge is 1.50. The van der Waals surface area contributed by atoms with Crippen LogP contribution in [0, 0.1) is 11.3 Å². The third kappa shape index (κ3) is 2.97. The third-order valence-electron chi connectivity index (χ3n) is 0.307. The van der Waals surface area contributed by atoms with Crippen LogP contribution in [0.25, 0.3) is 0 Å². The molecular formula is C5H5N. The molecule has 1 nitrogen and oxygen atoms in total. The van der Waals surface area contributed by atoms with Gasteiger partial charge in [0.15, 0.2) is 0 Å². The summed E-state index contributed by atoms with van der Waals surface area (Å²) < 4.78 is 0. The lowest BCUT2D eigenvalue weighted by Crippen LogP contribution is -1.39. The Labute approximate surface area is 37.2 Å². The van der Waals surface area contributed by atoms with Gasteiger partial charge in [-0.15, -0.1) is 0 Å². The van der Waals surface area contributed by atoms with Crippen molar-refractivity contribution in [2.24, 2.45) is 0 Å². The molecular weight excluding hydrogens is 74.1 g/mol. The van der Waals surface area contributed by atoms with E-state index in [4.69, 9.17) is 5.26 Å². The zero-order valence-corrected chi connectivity index (χ0v) is 3.39. The molecule has 0 aromatic carbocycles. The van der Waals surface area contributed by atoms with E-state index in [-0.39, 0.29) is 0 Å². The largest absolute Gasteiger partial charge is 0.193 e. The number of allylic oxidation sites excluding steroid dienone is 3. The van der Waals surface area contributed by atoms with Crippen LogP contribution in [0.5, 0.6) is 0 Å². The molecule has 0 amide bonds. The maximum absolute atomic E-state index is 7.81. The molecule has 0 unspecified atom stereocenters. The highest BCUT2D eigenvalue weighted by Crippen LogP contribution is 1.65. The van der Waals surface area contributed by atoms with Crippen molar-refractivity contribution in [2.75, 3.05) is 0 Å². The quantitative estimate of drug-likeness (QED) is 0.343. The maximum atomic E-state index is 7.81. The van der Waals surface area contributed by atoms with Gasteiger partial charge in [-0.3, -0.25) is 0 Å².